The highest BCUT2D eigenvalue weighted by atomic mass is 16.7. The SMILES string of the molecule is COC(=O)c1ccc(C2=NO[C@@H]3[C@H]4O[C@@H]([C@H]23)[C@@H]2C(=O)N(C)C(=O)[C@@H]42)cc1. The zero-order chi connectivity index (χ0) is 18.2. The van der Waals surface area contributed by atoms with Gasteiger partial charge >= 0.3 is 5.97 Å². The fourth-order valence-corrected chi connectivity index (χ4v) is 4.64. The summed E-state index contributed by atoms with van der Waals surface area (Å²) in [6, 6.07) is 6.86. The number of hydrogen-bond donors (Lipinski definition) is 0. The monoisotopic (exact) mass is 356 g/mol. The number of amides is 2. The summed E-state index contributed by atoms with van der Waals surface area (Å²) in [4.78, 5) is 43.2. The molecule has 0 aliphatic carbocycles. The average molecular weight is 356 g/mol. The van der Waals surface area contributed by atoms with Gasteiger partial charge in [-0.3, -0.25) is 14.5 Å². The first-order chi connectivity index (χ1) is 12.5. The fourth-order valence-electron chi connectivity index (χ4n) is 4.64. The Hall–Kier alpha value is -2.74. The van der Waals surface area contributed by atoms with Gasteiger partial charge in [0.1, 0.15) is 6.10 Å². The second-order valence-corrected chi connectivity index (χ2v) is 6.99. The van der Waals surface area contributed by atoms with Gasteiger partial charge in [-0.2, -0.15) is 0 Å². The van der Waals surface area contributed by atoms with Crippen molar-refractivity contribution in [3.05, 3.63) is 35.4 Å². The van der Waals surface area contributed by atoms with Crippen molar-refractivity contribution >= 4 is 23.5 Å². The first kappa shape index (κ1) is 15.5. The van der Waals surface area contributed by atoms with Gasteiger partial charge in [0.05, 0.1) is 42.2 Å². The molecule has 3 saturated heterocycles. The van der Waals surface area contributed by atoms with Crippen LogP contribution in [0.3, 0.4) is 0 Å². The van der Waals surface area contributed by atoms with E-state index < -0.39 is 30.0 Å². The number of rotatable bonds is 2. The molecule has 2 amide bonds. The molecule has 8 nitrogen and oxygen atoms in total. The van der Waals surface area contributed by atoms with E-state index in [2.05, 4.69) is 5.16 Å². The molecule has 5 rings (SSSR count). The van der Waals surface area contributed by atoms with Crippen molar-refractivity contribution in [3.63, 3.8) is 0 Å². The third kappa shape index (κ3) is 1.77. The normalized spacial score (nSPS) is 36.7. The predicted molar refractivity (Wildman–Crippen MR) is 86.1 cm³/mol. The van der Waals surface area contributed by atoms with Crippen LogP contribution < -0.4 is 0 Å². The summed E-state index contributed by atoms with van der Waals surface area (Å²) in [5.41, 5.74) is 1.92. The maximum absolute atomic E-state index is 12.5. The van der Waals surface area contributed by atoms with Crippen molar-refractivity contribution in [2.45, 2.75) is 18.3 Å². The molecular formula is C18H16N2O6. The van der Waals surface area contributed by atoms with Crippen molar-refractivity contribution in [2.75, 3.05) is 14.2 Å². The zero-order valence-electron chi connectivity index (χ0n) is 14.1. The number of hydrogen-bond acceptors (Lipinski definition) is 7. The van der Waals surface area contributed by atoms with E-state index in [4.69, 9.17) is 14.3 Å². The van der Waals surface area contributed by atoms with Gasteiger partial charge < -0.3 is 14.3 Å². The summed E-state index contributed by atoms with van der Waals surface area (Å²) in [6.45, 7) is 0. The Morgan fingerprint density at radius 1 is 1.04 bits per heavy atom. The molecule has 0 aromatic heterocycles. The summed E-state index contributed by atoms with van der Waals surface area (Å²) in [5.74, 6) is -1.96. The molecule has 134 valence electrons. The van der Waals surface area contributed by atoms with E-state index in [1.165, 1.54) is 19.1 Å². The molecule has 1 aromatic carbocycles. The lowest BCUT2D eigenvalue weighted by molar-refractivity contribution is -0.141. The summed E-state index contributed by atoms with van der Waals surface area (Å²) in [6.07, 6.45) is -1.23. The highest BCUT2D eigenvalue weighted by Gasteiger charge is 2.71. The molecule has 0 saturated carbocycles. The standard InChI is InChI=1S/C18H16N2O6/c1-20-16(21)9-10(17(20)22)14-15-11(13(9)25-14)12(19-26-15)7-3-5-8(6-4-7)18(23)24-2/h3-6,9-11,13-15H,1-2H3/t9-,10-,11+,13-,14+,15+/m1/s1. The molecule has 0 unspecified atom stereocenters. The topological polar surface area (TPSA) is 94.5 Å². The molecule has 0 spiro atoms. The predicted octanol–water partition coefficient (Wildman–Crippen LogP) is 0.204. The van der Waals surface area contributed by atoms with Crippen molar-refractivity contribution < 1.29 is 28.7 Å². The lowest BCUT2D eigenvalue weighted by atomic mass is 9.71. The Morgan fingerprint density at radius 3 is 2.35 bits per heavy atom. The smallest absolute Gasteiger partial charge is 0.337 e. The van der Waals surface area contributed by atoms with Crippen LogP contribution in [0.15, 0.2) is 29.4 Å². The molecule has 4 aliphatic rings. The molecule has 4 aliphatic heterocycles. The summed E-state index contributed by atoms with van der Waals surface area (Å²) in [5, 5.41) is 4.21. The van der Waals surface area contributed by atoms with E-state index >= 15 is 0 Å². The first-order valence-electron chi connectivity index (χ1n) is 8.42. The molecule has 0 N–H and O–H groups in total. The maximum Gasteiger partial charge on any atom is 0.337 e. The van der Waals surface area contributed by atoms with Gasteiger partial charge in [-0.25, -0.2) is 4.79 Å². The Labute approximate surface area is 148 Å². The van der Waals surface area contributed by atoms with Gasteiger partial charge in [0.2, 0.25) is 11.8 Å². The fraction of sp³-hybridized carbons (Fsp3) is 0.444. The third-order valence-electron chi connectivity index (χ3n) is 5.86. The Kier molecular flexibility index (Phi) is 3.06. The number of carbonyl (C=O) groups excluding carboxylic acids is 3. The highest BCUT2D eigenvalue weighted by Crippen LogP contribution is 2.54. The summed E-state index contributed by atoms with van der Waals surface area (Å²) >= 11 is 0. The number of methoxy groups -OCH3 is 1. The Bertz CT molecular complexity index is 863. The van der Waals surface area contributed by atoms with Crippen LogP contribution in [0.25, 0.3) is 0 Å². The number of carbonyl (C=O) groups is 3. The van der Waals surface area contributed by atoms with Crippen LogP contribution in [0, 0.1) is 17.8 Å². The Balaban J connectivity index is 1.46. The number of oxime groups is 1. The van der Waals surface area contributed by atoms with E-state index in [0.29, 0.717) is 11.3 Å². The zero-order valence-corrected chi connectivity index (χ0v) is 14.1. The number of fused-ring (bicyclic) bond motifs is 8. The van der Waals surface area contributed by atoms with Crippen LogP contribution in [0.1, 0.15) is 15.9 Å². The van der Waals surface area contributed by atoms with Crippen LogP contribution in [-0.2, 0) is 23.9 Å². The van der Waals surface area contributed by atoms with Crippen molar-refractivity contribution in [1.82, 2.24) is 4.90 Å². The number of nitrogens with zero attached hydrogens (tertiary/aromatic N) is 2. The molecule has 26 heavy (non-hydrogen) atoms. The second kappa shape index (κ2) is 5.14. The van der Waals surface area contributed by atoms with Crippen LogP contribution in [0.2, 0.25) is 0 Å². The Morgan fingerprint density at radius 2 is 1.69 bits per heavy atom. The van der Waals surface area contributed by atoms with Crippen LogP contribution >= 0.6 is 0 Å². The van der Waals surface area contributed by atoms with E-state index in [9.17, 15) is 14.4 Å². The minimum Gasteiger partial charge on any atom is -0.465 e. The average Bonchev–Trinajstić information content (AvgIpc) is 3.39. The first-order valence-corrected chi connectivity index (χ1v) is 8.42. The summed E-state index contributed by atoms with van der Waals surface area (Å²) in [7, 11) is 2.84. The minimum atomic E-state index is -0.477. The molecule has 1 aromatic rings. The number of ether oxygens (including phenoxy) is 2. The van der Waals surface area contributed by atoms with Gasteiger partial charge in [0.25, 0.3) is 0 Å². The molecule has 2 bridgehead atoms. The third-order valence-corrected chi connectivity index (χ3v) is 5.86. The van der Waals surface area contributed by atoms with Gasteiger partial charge in [-0.15, -0.1) is 0 Å². The molecule has 6 atom stereocenters. The maximum atomic E-state index is 12.5. The lowest BCUT2D eigenvalue weighted by Crippen LogP contribution is -2.45. The second-order valence-electron chi connectivity index (χ2n) is 6.99. The number of benzene rings is 1. The minimum absolute atomic E-state index is 0.196. The molecule has 0 radical (unpaired) electrons. The molecule has 3 fully saturated rings. The molecule has 4 heterocycles. The van der Waals surface area contributed by atoms with E-state index in [-0.39, 0.29) is 23.8 Å². The number of esters is 1. The van der Waals surface area contributed by atoms with Gasteiger partial charge in [-0.05, 0) is 17.7 Å². The largest absolute Gasteiger partial charge is 0.465 e. The van der Waals surface area contributed by atoms with Crippen molar-refractivity contribution in [2.24, 2.45) is 22.9 Å². The number of imide groups is 1. The van der Waals surface area contributed by atoms with E-state index in [1.54, 1.807) is 24.3 Å². The van der Waals surface area contributed by atoms with Gasteiger partial charge in [0.15, 0.2) is 6.10 Å². The van der Waals surface area contributed by atoms with E-state index in [0.717, 1.165) is 5.56 Å². The quantitative estimate of drug-likeness (QED) is 0.555. The van der Waals surface area contributed by atoms with Crippen molar-refractivity contribution in [3.8, 4) is 0 Å². The molecule has 8 heteroatoms. The van der Waals surface area contributed by atoms with Crippen LogP contribution in [0.5, 0.6) is 0 Å². The van der Waals surface area contributed by atoms with Gasteiger partial charge in [0, 0.05) is 7.05 Å². The van der Waals surface area contributed by atoms with E-state index in [1.807, 2.05) is 0 Å². The van der Waals surface area contributed by atoms with Crippen LogP contribution in [-0.4, -0.2) is 60.9 Å². The number of likely N-dealkylation sites (tertiary alicyclic amines) is 1. The lowest BCUT2D eigenvalue weighted by Gasteiger charge is -2.26. The highest BCUT2D eigenvalue weighted by molar-refractivity contribution is 6.09. The van der Waals surface area contributed by atoms with Gasteiger partial charge in [-0.1, -0.05) is 17.3 Å². The summed E-state index contributed by atoms with van der Waals surface area (Å²) < 4.78 is 10.7. The van der Waals surface area contributed by atoms with Crippen LogP contribution in [0.4, 0.5) is 0 Å². The van der Waals surface area contributed by atoms with Crippen molar-refractivity contribution in [1.29, 1.82) is 0 Å². The molecular weight excluding hydrogens is 340 g/mol.